The predicted molar refractivity (Wildman–Crippen MR) is 111 cm³/mol. The SMILES string of the molecule is CCCN(CC(=O)Nc1cc(Cl)ccc1Cl)C(=O)c1ccc(OC)cc1OC. The number of rotatable bonds is 8. The lowest BCUT2D eigenvalue weighted by Crippen LogP contribution is -2.38. The Morgan fingerprint density at radius 3 is 2.46 bits per heavy atom. The summed E-state index contributed by atoms with van der Waals surface area (Å²) in [6, 6.07) is 9.70. The quantitative estimate of drug-likeness (QED) is 0.676. The summed E-state index contributed by atoms with van der Waals surface area (Å²) in [5.74, 6) is 0.264. The average molecular weight is 425 g/mol. The summed E-state index contributed by atoms with van der Waals surface area (Å²) in [6.45, 7) is 2.20. The molecule has 0 saturated carbocycles. The van der Waals surface area contributed by atoms with E-state index in [2.05, 4.69) is 5.32 Å². The molecule has 1 N–H and O–H groups in total. The van der Waals surface area contributed by atoms with Crippen molar-refractivity contribution >= 4 is 40.7 Å². The number of benzene rings is 2. The minimum absolute atomic E-state index is 0.134. The van der Waals surface area contributed by atoms with Crippen molar-refractivity contribution in [3.05, 3.63) is 52.0 Å². The molecule has 28 heavy (non-hydrogen) atoms. The van der Waals surface area contributed by atoms with Gasteiger partial charge in [-0.2, -0.15) is 0 Å². The summed E-state index contributed by atoms with van der Waals surface area (Å²) in [5, 5.41) is 3.50. The first-order valence-corrected chi connectivity index (χ1v) is 9.41. The number of anilines is 1. The number of amides is 2. The van der Waals surface area contributed by atoms with Crippen LogP contribution < -0.4 is 14.8 Å². The predicted octanol–water partition coefficient (Wildman–Crippen LogP) is 4.50. The number of hydrogen-bond donors (Lipinski definition) is 1. The van der Waals surface area contributed by atoms with Gasteiger partial charge < -0.3 is 19.7 Å². The van der Waals surface area contributed by atoms with E-state index in [1.807, 2.05) is 6.92 Å². The van der Waals surface area contributed by atoms with Crippen LogP contribution in [0.4, 0.5) is 5.69 Å². The van der Waals surface area contributed by atoms with E-state index in [0.29, 0.717) is 45.8 Å². The van der Waals surface area contributed by atoms with Gasteiger partial charge in [-0.25, -0.2) is 0 Å². The van der Waals surface area contributed by atoms with Crippen LogP contribution in [-0.4, -0.2) is 44.0 Å². The Kier molecular flexibility index (Phi) is 7.96. The largest absolute Gasteiger partial charge is 0.497 e. The van der Waals surface area contributed by atoms with Crippen molar-refractivity contribution < 1.29 is 19.1 Å². The lowest BCUT2D eigenvalue weighted by Gasteiger charge is -2.23. The molecule has 0 aliphatic heterocycles. The molecule has 0 aliphatic carbocycles. The normalized spacial score (nSPS) is 10.3. The van der Waals surface area contributed by atoms with Gasteiger partial charge in [0.15, 0.2) is 0 Å². The molecule has 2 rings (SSSR count). The molecule has 0 unspecified atom stereocenters. The maximum atomic E-state index is 13.0. The number of ether oxygens (including phenoxy) is 2. The van der Waals surface area contributed by atoms with Crippen LogP contribution in [0.15, 0.2) is 36.4 Å². The van der Waals surface area contributed by atoms with Gasteiger partial charge in [0, 0.05) is 17.6 Å². The topological polar surface area (TPSA) is 67.9 Å². The van der Waals surface area contributed by atoms with E-state index in [0.717, 1.165) is 0 Å². The van der Waals surface area contributed by atoms with Gasteiger partial charge in [0.25, 0.3) is 5.91 Å². The number of carbonyl (C=O) groups excluding carboxylic acids is 2. The number of nitrogens with zero attached hydrogens (tertiary/aromatic N) is 1. The molecule has 2 amide bonds. The van der Waals surface area contributed by atoms with E-state index in [1.54, 1.807) is 36.4 Å². The van der Waals surface area contributed by atoms with Gasteiger partial charge in [-0.1, -0.05) is 30.1 Å². The van der Waals surface area contributed by atoms with E-state index in [1.165, 1.54) is 19.1 Å². The fourth-order valence-electron chi connectivity index (χ4n) is 2.62. The molecule has 0 atom stereocenters. The van der Waals surface area contributed by atoms with E-state index >= 15 is 0 Å². The van der Waals surface area contributed by atoms with E-state index in [4.69, 9.17) is 32.7 Å². The van der Waals surface area contributed by atoms with Crippen LogP contribution in [0.1, 0.15) is 23.7 Å². The van der Waals surface area contributed by atoms with E-state index < -0.39 is 0 Å². The summed E-state index contributed by atoms with van der Waals surface area (Å²) >= 11 is 12.0. The van der Waals surface area contributed by atoms with Gasteiger partial charge in [-0.05, 0) is 36.8 Å². The highest BCUT2D eigenvalue weighted by atomic mass is 35.5. The molecule has 0 saturated heterocycles. The molecule has 0 bridgehead atoms. The van der Waals surface area contributed by atoms with Crippen LogP contribution in [0.3, 0.4) is 0 Å². The van der Waals surface area contributed by atoms with Gasteiger partial charge in [-0.3, -0.25) is 9.59 Å². The fraction of sp³-hybridized carbons (Fsp3) is 0.300. The Morgan fingerprint density at radius 1 is 1.07 bits per heavy atom. The van der Waals surface area contributed by atoms with Gasteiger partial charge >= 0.3 is 0 Å². The molecule has 0 aliphatic rings. The summed E-state index contributed by atoms with van der Waals surface area (Å²) in [5.41, 5.74) is 0.746. The van der Waals surface area contributed by atoms with Gasteiger partial charge in [0.2, 0.25) is 5.91 Å². The fourth-order valence-corrected chi connectivity index (χ4v) is 2.96. The Bertz CT molecular complexity index is 858. The molecule has 0 aromatic heterocycles. The molecule has 2 aromatic carbocycles. The molecule has 0 radical (unpaired) electrons. The molecule has 6 nitrogen and oxygen atoms in total. The van der Waals surface area contributed by atoms with Crippen molar-refractivity contribution in [2.75, 3.05) is 32.6 Å². The maximum Gasteiger partial charge on any atom is 0.258 e. The van der Waals surface area contributed by atoms with Crippen LogP contribution in [-0.2, 0) is 4.79 Å². The lowest BCUT2D eigenvalue weighted by molar-refractivity contribution is -0.116. The summed E-state index contributed by atoms with van der Waals surface area (Å²) in [7, 11) is 3.01. The third-order valence-electron chi connectivity index (χ3n) is 3.96. The van der Waals surface area contributed by atoms with Gasteiger partial charge in [0.05, 0.1) is 30.5 Å². The minimum atomic E-state index is -0.376. The summed E-state index contributed by atoms with van der Waals surface area (Å²) in [4.78, 5) is 27.0. The van der Waals surface area contributed by atoms with Crippen molar-refractivity contribution in [2.45, 2.75) is 13.3 Å². The lowest BCUT2D eigenvalue weighted by atomic mass is 10.1. The number of methoxy groups -OCH3 is 2. The van der Waals surface area contributed by atoms with Gasteiger partial charge in [-0.15, -0.1) is 0 Å². The molecule has 0 fully saturated rings. The van der Waals surface area contributed by atoms with Crippen LogP contribution in [0.25, 0.3) is 0 Å². The highest BCUT2D eigenvalue weighted by molar-refractivity contribution is 6.35. The van der Waals surface area contributed by atoms with Crippen LogP contribution >= 0.6 is 23.2 Å². The Morgan fingerprint density at radius 2 is 1.82 bits per heavy atom. The second-order valence-electron chi connectivity index (χ2n) is 5.97. The molecule has 0 heterocycles. The van der Waals surface area contributed by atoms with Crippen molar-refractivity contribution in [1.29, 1.82) is 0 Å². The highest BCUT2D eigenvalue weighted by Crippen LogP contribution is 2.27. The summed E-state index contributed by atoms with van der Waals surface area (Å²) in [6.07, 6.45) is 0.690. The molecular weight excluding hydrogens is 403 g/mol. The van der Waals surface area contributed by atoms with E-state index in [9.17, 15) is 9.59 Å². The van der Waals surface area contributed by atoms with Gasteiger partial charge in [0.1, 0.15) is 18.0 Å². The Labute approximate surface area is 174 Å². The number of nitrogens with one attached hydrogen (secondary N) is 1. The average Bonchev–Trinajstić information content (AvgIpc) is 2.69. The van der Waals surface area contributed by atoms with E-state index in [-0.39, 0.29) is 18.4 Å². The number of carbonyl (C=O) groups is 2. The zero-order valence-corrected chi connectivity index (χ0v) is 17.4. The Balaban J connectivity index is 2.19. The smallest absolute Gasteiger partial charge is 0.258 e. The molecule has 8 heteroatoms. The minimum Gasteiger partial charge on any atom is -0.497 e. The molecular formula is C20H22Cl2N2O4. The second kappa shape index (κ2) is 10.2. The second-order valence-corrected chi connectivity index (χ2v) is 6.81. The maximum absolute atomic E-state index is 13.0. The first-order valence-electron chi connectivity index (χ1n) is 8.65. The van der Waals surface area contributed by atoms with Crippen molar-refractivity contribution in [2.24, 2.45) is 0 Å². The Hall–Kier alpha value is -2.44. The highest BCUT2D eigenvalue weighted by Gasteiger charge is 2.22. The third-order valence-corrected chi connectivity index (χ3v) is 4.52. The van der Waals surface area contributed by atoms with Crippen molar-refractivity contribution in [3.63, 3.8) is 0 Å². The monoisotopic (exact) mass is 424 g/mol. The van der Waals surface area contributed by atoms with Crippen LogP contribution in [0.2, 0.25) is 10.0 Å². The molecule has 0 spiro atoms. The van der Waals surface area contributed by atoms with Crippen molar-refractivity contribution in [3.8, 4) is 11.5 Å². The zero-order valence-electron chi connectivity index (χ0n) is 15.9. The number of halogens is 2. The van der Waals surface area contributed by atoms with Crippen LogP contribution in [0, 0.1) is 0 Å². The third kappa shape index (κ3) is 5.53. The zero-order chi connectivity index (χ0) is 20.7. The van der Waals surface area contributed by atoms with Crippen molar-refractivity contribution in [1.82, 2.24) is 4.90 Å². The first-order chi connectivity index (χ1) is 13.4. The number of hydrogen-bond acceptors (Lipinski definition) is 4. The molecule has 150 valence electrons. The standard InChI is InChI=1S/C20H22Cl2N2O4/c1-4-9-24(12-19(25)23-17-10-13(21)5-8-16(17)22)20(26)15-7-6-14(27-2)11-18(15)28-3/h5-8,10-11H,4,9,12H2,1-3H3,(H,23,25). The summed E-state index contributed by atoms with van der Waals surface area (Å²) < 4.78 is 10.5. The van der Waals surface area contributed by atoms with Crippen LogP contribution in [0.5, 0.6) is 11.5 Å². The first kappa shape index (κ1) is 21.9. The molecule has 2 aromatic rings.